The SMILES string of the molecule is COc1ccccc1CNc1cnc(Br)c(C)c1. The van der Waals surface area contributed by atoms with Crippen molar-refractivity contribution in [1.82, 2.24) is 4.98 Å². The van der Waals surface area contributed by atoms with Crippen LogP contribution in [0.5, 0.6) is 5.75 Å². The Morgan fingerprint density at radius 2 is 2.11 bits per heavy atom. The Bertz CT molecular complexity index is 543. The van der Waals surface area contributed by atoms with E-state index in [4.69, 9.17) is 4.74 Å². The lowest BCUT2D eigenvalue weighted by Gasteiger charge is -2.10. The predicted molar refractivity (Wildman–Crippen MR) is 77.0 cm³/mol. The van der Waals surface area contributed by atoms with E-state index in [2.05, 4.69) is 32.3 Å². The zero-order valence-electron chi connectivity index (χ0n) is 10.4. The van der Waals surface area contributed by atoms with Gasteiger partial charge in [0, 0.05) is 12.1 Å². The third kappa shape index (κ3) is 3.01. The Morgan fingerprint density at radius 1 is 1.33 bits per heavy atom. The number of halogens is 1. The zero-order chi connectivity index (χ0) is 13.0. The van der Waals surface area contributed by atoms with Gasteiger partial charge in [-0.15, -0.1) is 0 Å². The van der Waals surface area contributed by atoms with E-state index in [0.29, 0.717) is 6.54 Å². The third-order valence-corrected chi connectivity index (χ3v) is 3.52. The van der Waals surface area contributed by atoms with Crippen molar-refractivity contribution in [2.75, 3.05) is 12.4 Å². The molecule has 0 bridgehead atoms. The number of benzene rings is 1. The van der Waals surface area contributed by atoms with Crippen molar-refractivity contribution in [3.63, 3.8) is 0 Å². The topological polar surface area (TPSA) is 34.1 Å². The Kier molecular flexibility index (Phi) is 4.20. The first-order valence-corrected chi connectivity index (χ1v) is 6.48. The van der Waals surface area contributed by atoms with Crippen LogP contribution in [0.4, 0.5) is 5.69 Å². The van der Waals surface area contributed by atoms with Gasteiger partial charge in [0.1, 0.15) is 10.4 Å². The smallest absolute Gasteiger partial charge is 0.123 e. The summed E-state index contributed by atoms with van der Waals surface area (Å²) in [4.78, 5) is 4.26. The highest BCUT2D eigenvalue weighted by Gasteiger charge is 2.02. The van der Waals surface area contributed by atoms with E-state index in [9.17, 15) is 0 Å². The lowest BCUT2D eigenvalue weighted by molar-refractivity contribution is 0.410. The lowest BCUT2D eigenvalue weighted by atomic mass is 10.2. The van der Waals surface area contributed by atoms with Gasteiger partial charge in [0.05, 0.1) is 19.0 Å². The van der Waals surface area contributed by atoms with Crippen LogP contribution in [0.3, 0.4) is 0 Å². The predicted octanol–water partition coefficient (Wildman–Crippen LogP) is 3.77. The molecule has 1 aromatic carbocycles. The number of ether oxygens (including phenoxy) is 1. The molecule has 0 aliphatic rings. The summed E-state index contributed by atoms with van der Waals surface area (Å²) in [5.41, 5.74) is 3.24. The van der Waals surface area contributed by atoms with Crippen LogP contribution in [0.2, 0.25) is 0 Å². The molecule has 3 nitrogen and oxygen atoms in total. The summed E-state index contributed by atoms with van der Waals surface area (Å²) in [6.45, 7) is 2.73. The number of nitrogens with zero attached hydrogens (tertiary/aromatic N) is 1. The number of hydrogen-bond donors (Lipinski definition) is 1. The average molecular weight is 307 g/mol. The highest BCUT2D eigenvalue weighted by Crippen LogP contribution is 2.20. The fourth-order valence-electron chi connectivity index (χ4n) is 1.70. The van der Waals surface area contributed by atoms with Gasteiger partial charge in [0.2, 0.25) is 0 Å². The molecule has 0 unspecified atom stereocenters. The maximum absolute atomic E-state index is 5.31. The van der Waals surface area contributed by atoms with Crippen LogP contribution in [0.25, 0.3) is 0 Å². The Labute approximate surface area is 115 Å². The molecular formula is C14H15BrN2O. The summed E-state index contributed by atoms with van der Waals surface area (Å²) in [6, 6.07) is 10.0. The van der Waals surface area contributed by atoms with E-state index in [1.807, 2.05) is 37.4 Å². The first kappa shape index (κ1) is 12.9. The number of aryl methyl sites for hydroxylation is 1. The van der Waals surface area contributed by atoms with Crippen LogP contribution in [-0.2, 0) is 6.54 Å². The van der Waals surface area contributed by atoms with E-state index in [1.54, 1.807) is 7.11 Å². The Hall–Kier alpha value is -1.55. The minimum atomic E-state index is 0.715. The molecule has 1 N–H and O–H groups in total. The van der Waals surface area contributed by atoms with Crippen molar-refractivity contribution in [1.29, 1.82) is 0 Å². The van der Waals surface area contributed by atoms with E-state index >= 15 is 0 Å². The number of anilines is 1. The molecule has 0 saturated heterocycles. The molecule has 1 heterocycles. The van der Waals surface area contributed by atoms with Crippen LogP contribution < -0.4 is 10.1 Å². The minimum Gasteiger partial charge on any atom is -0.496 e. The summed E-state index contributed by atoms with van der Waals surface area (Å²) in [5, 5.41) is 3.34. The van der Waals surface area contributed by atoms with E-state index < -0.39 is 0 Å². The molecule has 18 heavy (non-hydrogen) atoms. The normalized spacial score (nSPS) is 10.2. The van der Waals surface area contributed by atoms with Gasteiger partial charge >= 0.3 is 0 Å². The first-order valence-electron chi connectivity index (χ1n) is 5.68. The molecule has 94 valence electrons. The van der Waals surface area contributed by atoms with Crippen LogP contribution in [0, 0.1) is 6.92 Å². The number of nitrogens with one attached hydrogen (secondary N) is 1. The number of para-hydroxylation sites is 1. The second-order valence-corrected chi connectivity index (χ2v) is 4.75. The average Bonchev–Trinajstić information content (AvgIpc) is 2.40. The van der Waals surface area contributed by atoms with Gasteiger partial charge in [-0.1, -0.05) is 18.2 Å². The highest BCUT2D eigenvalue weighted by molar-refractivity contribution is 9.10. The maximum atomic E-state index is 5.31. The Morgan fingerprint density at radius 3 is 2.83 bits per heavy atom. The molecular weight excluding hydrogens is 292 g/mol. The molecule has 0 radical (unpaired) electrons. The third-order valence-electron chi connectivity index (χ3n) is 2.69. The van der Waals surface area contributed by atoms with Crippen molar-refractivity contribution in [3.05, 3.63) is 52.3 Å². The van der Waals surface area contributed by atoms with Gasteiger partial charge in [0.15, 0.2) is 0 Å². The van der Waals surface area contributed by atoms with Gasteiger partial charge in [-0.25, -0.2) is 4.98 Å². The molecule has 0 aliphatic heterocycles. The van der Waals surface area contributed by atoms with Gasteiger partial charge in [-0.3, -0.25) is 0 Å². The number of hydrogen-bond acceptors (Lipinski definition) is 3. The van der Waals surface area contributed by atoms with Crippen LogP contribution in [0.15, 0.2) is 41.1 Å². The minimum absolute atomic E-state index is 0.715. The maximum Gasteiger partial charge on any atom is 0.123 e. The molecule has 0 fully saturated rings. The quantitative estimate of drug-likeness (QED) is 0.873. The molecule has 0 amide bonds. The molecule has 4 heteroatoms. The second-order valence-electron chi connectivity index (χ2n) is 4.00. The van der Waals surface area contributed by atoms with Crippen LogP contribution in [-0.4, -0.2) is 12.1 Å². The zero-order valence-corrected chi connectivity index (χ0v) is 12.0. The van der Waals surface area contributed by atoms with Crippen molar-refractivity contribution >= 4 is 21.6 Å². The lowest BCUT2D eigenvalue weighted by Crippen LogP contribution is -2.02. The van der Waals surface area contributed by atoms with Gasteiger partial charge in [-0.05, 0) is 40.5 Å². The van der Waals surface area contributed by atoms with Gasteiger partial charge in [-0.2, -0.15) is 0 Å². The fraction of sp³-hybridized carbons (Fsp3) is 0.214. The number of rotatable bonds is 4. The molecule has 0 atom stereocenters. The highest BCUT2D eigenvalue weighted by atomic mass is 79.9. The summed E-state index contributed by atoms with van der Waals surface area (Å²) in [6.07, 6.45) is 1.81. The van der Waals surface area contributed by atoms with Crippen molar-refractivity contribution in [2.45, 2.75) is 13.5 Å². The van der Waals surface area contributed by atoms with Gasteiger partial charge < -0.3 is 10.1 Å². The van der Waals surface area contributed by atoms with Crippen LogP contribution >= 0.6 is 15.9 Å². The van der Waals surface area contributed by atoms with Crippen LogP contribution in [0.1, 0.15) is 11.1 Å². The number of pyridine rings is 1. The molecule has 1 aromatic heterocycles. The standard InChI is InChI=1S/C14H15BrN2O/c1-10-7-12(9-17-14(10)15)16-8-11-5-3-4-6-13(11)18-2/h3-7,9,16H,8H2,1-2H3. The molecule has 2 aromatic rings. The summed E-state index contributed by atoms with van der Waals surface area (Å²) in [7, 11) is 1.68. The van der Waals surface area contributed by atoms with E-state index in [-0.39, 0.29) is 0 Å². The molecule has 0 aliphatic carbocycles. The van der Waals surface area contributed by atoms with Gasteiger partial charge in [0.25, 0.3) is 0 Å². The molecule has 2 rings (SSSR count). The largest absolute Gasteiger partial charge is 0.496 e. The van der Waals surface area contributed by atoms with E-state index in [0.717, 1.165) is 27.2 Å². The van der Waals surface area contributed by atoms with Crippen molar-refractivity contribution in [3.8, 4) is 5.75 Å². The molecule has 0 spiro atoms. The van der Waals surface area contributed by atoms with E-state index in [1.165, 1.54) is 0 Å². The summed E-state index contributed by atoms with van der Waals surface area (Å²) >= 11 is 3.39. The van der Waals surface area contributed by atoms with Crippen molar-refractivity contribution < 1.29 is 4.74 Å². The van der Waals surface area contributed by atoms with Crippen molar-refractivity contribution in [2.24, 2.45) is 0 Å². The number of methoxy groups -OCH3 is 1. The first-order chi connectivity index (χ1) is 8.70. The second kappa shape index (κ2) is 5.87. The monoisotopic (exact) mass is 306 g/mol. The molecule has 0 saturated carbocycles. The number of aromatic nitrogens is 1. The Balaban J connectivity index is 2.09. The fourth-order valence-corrected chi connectivity index (χ4v) is 1.92. The summed E-state index contributed by atoms with van der Waals surface area (Å²) in [5.74, 6) is 0.895. The summed E-state index contributed by atoms with van der Waals surface area (Å²) < 4.78 is 6.19.